The van der Waals surface area contributed by atoms with Gasteiger partial charge in [0, 0.05) is 19.8 Å². The van der Waals surface area contributed by atoms with Crippen LogP contribution < -0.4 is 11.3 Å². The average Bonchev–Trinajstić information content (AvgIpc) is 1.95. The van der Waals surface area contributed by atoms with Gasteiger partial charge >= 0.3 is 0 Å². The summed E-state index contributed by atoms with van der Waals surface area (Å²) in [4.78, 5) is 14.5. The number of rotatable bonds is 1. The van der Waals surface area contributed by atoms with E-state index in [0.29, 0.717) is 6.54 Å². The molecular weight excluding hydrogens is 130 g/mol. The lowest BCUT2D eigenvalue weighted by molar-refractivity contribution is 0.804. The van der Waals surface area contributed by atoms with Gasteiger partial charge in [-0.25, -0.2) is 0 Å². The molecule has 0 saturated carbocycles. The van der Waals surface area contributed by atoms with Crippen molar-refractivity contribution < 1.29 is 0 Å². The van der Waals surface area contributed by atoms with Crippen LogP contribution in [0.1, 0.15) is 5.69 Å². The Morgan fingerprint density at radius 3 is 3.00 bits per heavy atom. The summed E-state index contributed by atoms with van der Waals surface area (Å²) in [6, 6.07) is 0. The van der Waals surface area contributed by atoms with Crippen LogP contribution in [-0.4, -0.2) is 9.55 Å². The van der Waals surface area contributed by atoms with Crippen molar-refractivity contribution >= 4 is 0 Å². The highest BCUT2D eigenvalue weighted by molar-refractivity contribution is 4.95. The molecule has 1 rings (SSSR count). The lowest BCUT2D eigenvalue weighted by Gasteiger charge is -1.97. The van der Waals surface area contributed by atoms with Crippen LogP contribution in [0, 0.1) is 0 Å². The Morgan fingerprint density at radius 2 is 2.50 bits per heavy atom. The van der Waals surface area contributed by atoms with Crippen LogP contribution in [0.2, 0.25) is 0 Å². The quantitative estimate of drug-likeness (QED) is 0.556. The van der Waals surface area contributed by atoms with Crippen molar-refractivity contribution in [1.82, 2.24) is 9.55 Å². The van der Waals surface area contributed by atoms with Crippen LogP contribution in [0.3, 0.4) is 0 Å². The SMILES string of the molecule is Cn1cc(CN)ncc1=O. The second kappa shape index (κ2) is 2.62. The Labute approximate surface area is 58.3 Å². The second-order valence-corrected chi connectivity index (χ2v) is 2.03. The van der Waals surface area contributed by atoms with E-state index in [1.54, 1.807) is 13.2 Å². The summed E-state index contributed by atoms with van der Waals surface area (Å²) in [6.45, 7) is 0.369. The van der Waals surface area contributed by atoms with Crippen LogP contribution >= 0.6 is 0 Å². The molecule has 2 N–H and O–H groups in total. The minimum absolute atomic E-state index is 0.114. The van der Waals surface area contributed by atoms with Crippen molar-refractivity contribution in [2.24, 2.45) is 12.8 Å². The molecule has 10 heavy (non-hydrogen) atoms. The first-order chi connectivity index (χ1) is 4.74. The summed E-state index contributed by atoms with van der Waals surface area (Å²) in [5.41, 5.74) is 5.90. The molecule has 0 atom stereocenters. The number of nitrogens with two attached hydrogens (primary N) is 1. The molecule has 1 aromatic rings. The molecule has 0 amide bonds. The van der Waals surface area contributed by atoms with Gasteiger partial charge in [0.25, 0.3) is 5.56 Å². The first-order valence-corrected chi connectivity index (χ1v) is 2.95. The Kier molecular flexibility index (Phi) is 1.82. The molecule has 0 aromatic carbocycles. The fourth-order valence-corrected chi connectivity index (χ4v) is 0.655. The van der Waals surface area contributed by atoms with Gasteiger partial charge in [0.2, 0.25) is 0 Å². The van der Waals surface area contributed by atoms with Gasteiger partial charge in [0.1, 0.15) is 0 Å². The molecule has 0 bridgehead atoms. The lowest BCUT2D eigenvalue weighted by atomic mass is 10.4. The van der Waals surface area contributed by atoms with E-state index in [9.17, 15) is 4.79 Å². The number of aromatic nitrogens is 2. The van der Waals surface area contributed by atoms with Crippen molar-refractivity contribution in [2.75, 3.05) is 0 Å². The highest BCUT2D eigenvalue weighted by Crippen LogP contribution is 1.84. The van der Waals surface area contributed by atoms with Gasteiger partial charge < -0.3 is 10.3 Å². The average molecular weight is 139 g/mol. The van der Waals surface area contributed by atoms with Crippen molar-refractivity contribution in [1.29, 1.82) is 0 Å². The highest BCUT2D eigenvalue weighted by Gasteiger charge is 1.91. The van der Waals surface area contributed by atoms with E-state index in [0.717, 1.165) is 5.69 Å². The number of hydrogen-bond donors (Lipinski definition) is 1. The summed E-state index contributed by atoms with van der Waals surface area (Å²) >= 11 is 0. The molecule has 4 nitrogen and oxygen atoms in total. The van der Waals surface area contributed by atoms with Crippen molar-refractivity contribution in [2.45, 2.75) is 6.54 Å². The molecule has 1 aromatic heterocycles. The minimum atomic E-state index is -0.114. The van der Waals surface area contributed by atoms with E-state index >= 15 is 0 Å². The predicted molar refractivity (Wildman–Crippen MR) is 37.4 cm³/mol. The molecule has 0 saturated heterocycles. The zero-order valence-corrected chi connectivity index (χ0v) is 5.74. The molecular formula is C6H9N3O. The molecule has 0 fully saturated rings. The minimum Gasteiger partial charge on any atom is -0.325 e. The topological polar surface area (TPSA) is 60.9 Å². The molecule has 0 radical (unpaired) electrons. The third kappa shape index (κ3) is 1.22. The van der Waals surface area contributed by atoms with E-state index < -0.39 is 0 Å². The normalized spacial score (nSPS) is 9.80. The van der Waals surface area contributed by atoms with Gasteiger partial charge in [-0.05, 0) is 0 Å². The van der Waals surface area contributed by atoms with Crippen LogP contribution in [0.15, 0.2) is 17.2 Å². The number of nitrogens with zero attached hydrogens (tertiary/aromatic N) is 2. The standard InChI is InChI=1S/C6H9N3O/c1-9-4-5(2-7)8-3-6(9)10/h3-4H,2,7H2,1H3. The van der Waals surface area contributed by atoms with E-state index in [-0.39, 0.29) is 5.56 Å². The molecule has 4 heteroatoms. The maximum atomic E-state index is 10.7. The monoisotopic (exact) mass is 139 g/mol. The molecule has 0 unspecified atom stereocenters. The van der Waals surface area contributed by atoms with Crippen LogP contribution in [0.4, 0.5) is 0 Å². The van der Waals surface area contributed by atoms with Gasteiger partial charge in [0.15, 0.2) is 0 Å². The van der Waals surface area contributed by atoms with E-state index in [2.05, 4.69) is 4.98 Å². The summed E-state index contributed by atoms with van der Waals surface area (Å²) in [5.74, 6) is 0. The van der Waals surface area contributed by atoms with Gasteiger partial charge in [-0.1, -0.05) is 0 Å². The zero-order valence-electron chi connectivity index (χ0n) is 5.74. The first kappa shape index (κ1) is 6.95. The number of aryl methyl sites for hydroxylation is 1. The fraction of sp³-hybridized carbons (Fsp3) is 0.333. The Hall–Kier alpha value is -1.16. The summed E-state index contributed by atoms with van der Waals surface area (Å²) in [5, 5.41) is 0. The molecule has 0 spiro atoms. The van der Waals surface area contributed by atoms with Crippen molar-refractivity contribution in [3.05, 3.63) is 28.4 Å². The maximum Gasteiger partial charge on any atom is 0.268 e. The van der Waals surface area contributed by atoms with E-state index in [1.807, 2.05) is 0 Å². The molecule has 54 valence electrons. The van der Waals surface area contributed by atoms with Crippen LogP contribution in [0.5, 0.6) is 0 Å². The third-order valence-electron chi connectivity index (χ3n) is 1.24. The van der Waals surface area contributed by atoms with Crippen LogP contribution in [-0.2, 0) is 13.6 Å². The summed E-state index contributed by atoms with van der Waals surface area (Å²) < 4.78 is 1.45. The second-order valence-electron chi connectivity index (χ2n) is 2.03. The molecule has 0 aliphatic heterocycles. The maximum absolute atomic E-state index is 10.7. The van der Waals surface area contributed by atoms with Crippen LogP contribution in [0.25, 0.3) is 0 Å². The lowest BCUT2D eigenvalue weighted by Crippen LogP contribution is -2.17. The Balaban J connectivity index is 3.17. The summed E-state index contributed by atoms with van der Waals surface area (Å²) in [6.07, 6.45) is 2.89. The molecule has 0 aliphatic carbocycles. The van der Waals surface area contributed by atoms with Gasteiger partial charge in [0.05, 0.1) is 11.9 Å². The van der Waals surface area contributed by atoms with Crippen molar-refractivity contribution in [3.63, 3.8) is 0 Å². The van der Waals surface area contributed by atoms with E-state index in [1.165, 1.54) is 10.8 Å². The summed E-state index contributed by atoms with van der Waals surface area (Å²) in [7, 11) is 1.67. The third-order valence-corrected chi connectivity index (χ3v) is 1.24. The van der Waals surface area contributed by atoms with Gasteiger partial charge in [-0.2, -0.15) is 0 Å². The Morgan fingerprint density at radius 1 is 1.80 bits per heavy atom. The Bertz CT molecular complexity index is 279. The molecule has 1 heterocycles. The predicted octanol–water partition coefficient (Wildman–Crippen LogP) is -0.761. The molecule has 0 aliphatic rings. The smallest absolute Gasteiger partial charge is 0.268 e. The van der Waals surface area contributed by atoms with Crippen molar-refractivity contribution in [3.8, 4) is 0 Å². The first-order valence-electron chi connectivity index (χ1n) is 2.95. The van der Waals surface area contributed by atoms with Gasteiger partial charge in [-0.15, -0.1) is 0 Å². The zero-order chi connectivity index (χ0) is 7.56. The highest BCUT2D eigenvalue weighted by atomic mass is 16.1. The van der Waals surface area contributed by atoms with E-state index in [4.69, 9.17) is 5.73 Å². The van der Waals surface area contributed by atoms with Gasteiger partial charge in [-0.3, -0.25) is 9.78 Å². The largest absolute Gasteiger partial charge is 0.325 e. The number of hydrogen-bond acceptors (Lipinski definition) is 3. The fourth-order valence-electron chi connectivity index (χ4n) is 0.655.